The molecule has 3 aromatic rings. The smallest absolute Gasteiger partial charge is 0.340 e. The Morgan fingerprint density at radius 2 is 1.97 bits per heavy atom. The fraction of sp³-hybridized carbons (Fsp3) is 0.227. The molecule has 0 unspecified atom stereocenters. The van der Waals surface area contributed by atoms with Gasteiger partial charge in [-0.1, -0.05) is 11.8 Å². The van der Waals surface area contributed by atoms with E-state index in [1.165, 1.54) is 0 Å². The zero-order valence-corrected chi connectivity index (χ0v) is 16.1. The minimum Gasteiger partial charge on any atom is -0.458 e. The molecule has 0 radical (unpaired) electrons. The number of carbonyl (C=O) groups excluding carboxylic acids is 1. The number of carbonyl (C=O) groups is 1. The van der Waals surface area contributed by atoms with Gasteiger partial charge in [0, 0.05) is 28.1 Å². The summed E-state index contributed by atoms with van der Waals surface area (Å²) >= 11 is 0. The molecule has 0 fully saturated rings. The van der Waals surface area contributed by atoms with E-state index in [0.717, 1.165) is 10.9 Å². The number of benzene rings is 1. The third-order valence-corrected chi connectivity index (χ3v) is 5.77. The average Bonchev–Trinajstić information content (AvgIpc) is 3.37. The van der Waals surface area contributed by atoms with E-state index in [1.54, 1.807) is 16.7 Å². The fourth-order valence-electron chi connectivity index (χ4n) is 4.30. The Balaban J connectivity index is 1.66. The monoisotopic (exact) mass is 417 g/mol. The molecule has 0 aliphatic carbocycles. The second-order valence-electron chi connectivity index (χ2n) is 7.41. The molecule has 0 bridgehead atoms. The Kier molecular flexibility index (Phi) is 3.65. The van der Waals surface area contributed by atoms with Crippen molar-refractivity contribution >= 4 is 16.9 Å². The van der Waals surface area contributed by atoms with Crippen molar-refractivity contribution in [2.24, 2.45) is 5.73 Å². The Morgan fingerprint density at radius 1 is 1.16 bits per heavy atom. The van der Waals surface area contributed by atoms with Crippen LogP contribution in [0.5, 0.6) is 11.5 Å². The maximum absolute atomic E-state index is 13.1. The van der Waals surface area contributed by atoms with Gasteiger partial charge in [0.2, 0.25) is 6.79 Å². The third kappa shape index (κ3) is 2.43. The SMILES string of the molecule is NCC#Cc1c2c(nc3cc4c(cc13)OCO4)-c1cc3c(c(=O)n1C2)COC(=O)[C@H]3O. The van der Waals surface area contributed by atoms with E-state index in [1.807, 2.05) is 6.07 Å². The molecule has 6 rings (SSSR count). The highest BCUT2D eigenvalue weighted by Gasteiger charge is 2.34. The van der Waals surface area contributed by atoms with Crippen molar-refractivity contribution in [2.45, 2.75) is 19.3 Å². The number of rotatable bonds is 0. The molecule has 0 spiro atoms. The van der Waals surface area contributed by atoms with Crippen LogP contribution >= 0.6 is 0 Å². The predicted octanol–water partition coefficient (Wildman–Crippen LogP) is 0.554. The predicted molar refractivity (Wildman–Crippen MR) is 107 cm³/mol. The van der Waals surface area contributed by atoms with Crippen molar-refractivity contribution < 1.29 is 24.1 Å². The fourth-order valence-corrected chi connectivity index (χ4v) is 4.30. The van der Waals surface area contributed by atoms with Crippen molar-refractivity contribution in [1.82, 2.24) is 9.55 Å². The zero-order valence-electron chi connectivity index (χ0n) is 16.1. The number of aliphatic hydroxyl groups is 1. The van der Waals surface area contributed by atoms with Crippen molar-refractivity contribution in [1.29, 1.82) is 0 Å². The van der Waals surface area contributed by atoms with Crippen molar-refractivity contribution in [2.75, 3.05) is 13.3 Å². The number of pyridine rings is 2. The van der Waals surface area contributed by atoms with E-state index in [9.17, 15) is 14.7 Å². The quantitative estimate of drug-likeness (QED) is 0.314. The van der Waals surface area contributed by atoms with Crippen LogP contribution in [0, 0.1) is 11.8 Å². The zero-order chi connectivity index (χ0) is 21.3. The van der Waals surface area contributed by atoms with Crippen LogP contribution in [0.3, 0.4) is 0 Å². The number of hydrogen-bond acceptors (Lipinski definition) is 8. The number of hydrogen-bond donors (Lipinski definition) is 2. The van der Waals surface area contributed by atoms with Crippen molar-refractivity contribution in [3.05, 3.63) is 50.8 Å². The van der Waals surface area contributed by atoms with Crippen LogP contribution in [-0.4, -0.2) is 34.0 Å². The molecule has 9 nitrogen and oxygen atoms in total. The lowest BCUT2D eigenvalue weighted by Gasteiger charge is -2.21. The summed E-state index contributed by atoms with van der Waals surface area (Å²) in [6.45, 7) is 0.396. The van der Waals surface area contributed by atoms with Gasteiger partial charge >= 0.3 is 5.97 Å². The standard InChI is InChI=1S/C22H15N3O6/c23-3-1-2-10-11-5-17-18(31-9-30-17)6-15(11)24-19-13(10)7-25-16(19)4-12-14(21(25)27)8-29-22(28)20(12)26/h4-6,20,26H,3,7-9,23H2/t20-/m0/s1. The molecule has 5 heterocycles. The Hall–Kier alpha value is -3.87. The number of aromatic nitrogens is 2. The van der Waals surface area contributed by atoms with Crippen LogP contribution in [0.1, 0.15) is 28.4 Å². The van der Waals surface area contributed by atoms with Gasteiger partial charge < -0.3 is 29.6 Å². The lowest BCUT2D eigenvalue weighted by molar-refractivity contribution is -0.157. The van der Waals surface area contributed by atoms with Gasteiger partial charge in [-0.05, 0) is 12.1 Å². The van der Waals surface area contributed by atoms with Gasteiger partial charge in [0.15, 0.2) is 17.6 Å². The van der Waals surface area contributed by atoms with E-state index in [2.05, 4.69) is 11.8 Å². The topological polar surface area (TPSA) is 126 Å². The molecular weight excluding hydrogens is 402 g/mol. The van der Waals surface area contributed by atoms with Gasteiger partial charge in [-0.2, -0.15) is 0 Å². The first-order valence-corrected chi connectivity index (χ1v) is 9.63. The number of nitrogens with zero attached hydrogens (tertiary/aromatic N) is 2. The maximum Gasteiger partial charge on any atom is 0.340 e. The summed E-state index contributed by atoms with van der Waals surface area (Å²) in [6.07, 6.45) is -1.50. The summed E-state index contributed by atoms with van der Waals surface area (Å²) in [5, 5.41) is 11.0. The highest BCUT2D eigenvalue weighted by atomic mass is 16.7. The number of esters is 1. The third-order valence-electron chi connectivity index (χ3n) is 5.77. The number of nitrogens with two attached hydrogens (primary N) is 1. The van der Waals surface area contributed by atoms with Gasteiger partial charge in [-0.25, -0.2) is 9.78 Å². The summed E-state index contributed by atoms with van der Waals surface area (Å²) in [7, 11) is 0. The maximum atomic E-state index is 13.1. The highest BCUT2D eigenvalue weighted by Crippen LogP contribution is 2.41. The molecule has 154 valence electrons. The Bertz CT molecular complexity index is 1450. The molecule has 0 saturated heterocycles. The molecule has 3 aliphatic heterocycles. The lowest BCUT2D eigenvalue weighted by Crippen LogP contribution is -2.32. The number of fused-ring (bicyclic) bond motifs is 6. The molecule has 1 atom stereocenters. The van der Waals surface area contributed by atoms with E-state index >= 15 is 0 Å². The second kappa shape index (κ2) is 6.31. The highest BCUT2D eigenvalue weighted by molar-refractivity contribution is 5.93. The number of ether oxygens (including phenoxy) is 3. The van der Waals surface area contributed by atoms with Crippen LogP contribution in [-0.2, 0) is 22.7 Å². The van der Waals surface area contributed by atoms with Crippen LogP contribution in [0.2, 0.25) is 0 Å². The molecule has 31 heavy (non-hydrogen) atoms. The van der Waals surface area contributed by atoms with E-state index in [4.69, 9.17) is 24.9 Å². The first-order valence-electron chi connectivity index (χ1n) is 9.63. The minimum atomic E-state index is -1.50. The van der Waals surface area contributed by atoms with E-state index < -0.39 is 12.1 Å². The minimum absolute atomic E-state index is 0.132. The van der Waals surface area contributed by atoms with Crippen LogP contribution in [0.25, 0.3) is 22.3 Å². The largest absolute Gasteiger partial charge is 0.458 e. The second-order valence-corrected chi connectivity index (χ2v) is 7.41. The summed E-state index contributed by atoms with van der Waals surface area (Å²) in [5.74, 6) is 6.42. The number of cyclic esters (lactones) is 1. The molecule has 0 amide bonds. The molecule has 1 aromatic carbocycles. The normalized spacial score (nSPS) is 17.5. The van der Waals surface area contributed by atoms with E-state index in [-0.39, 0.29) is 43.2 Å². The Morgan fingerprint density at radius 3 is 2.77 bits per heavy atom. The summed E-state index contributed by atoms with van der Waals surface area (Å²) in [4.78, 5) is 29.7. The summed E-state index contributed by atoms with van der Waals surface area (Å²) < 4.78 is 17.5. The lowest BCUT2D eigenvalue weighted by atomic mass is 9.98. The molecule has 2 aromatic heterocycles. The molecule has 3 N–H and O–H groups in total. The molecule has 9 heteroatoms. The van der Waals surface area contributed by atoms with Gasteiger partial charge in [0.1, 0.15) is 6.61 Å². The van der Waals surface area contributed by atoms with Gasteiger partial charge in [0.25, 0.3) is 5.56 Å². The van der Waals surface area contributed by atoms with Crippen LogP contribution < -0.4 is 20.8 Å². The van der Waals surface area contributed by atoms with Crippen LogP contribution in [0.15, 0.2) is 23.0 Å². The molecule has 0 saturated carbocycles. The first-order chi connectivity index (χ1) is 15.1. The van der Waals surface area contributed by atoms with Gasteiger partial charge in [0.05, 0.1) is 35.6 Å². The first kappa shape index (κ1) is 17.9. The Labute approximate surface area is 175 Å². The number of aliphatic hydroxyl groups excluding tert-OH is 1. The molecule has 3 aliphatic rings. The summed E-state index contributed by atoms with van der Waals surface area (Å²) in [5.41, 5.74) is 9.00. The van der Waals surface area contributed by atoms with Gasteiger partial charge in [-0.3, -0.25) is 4.79 Å². The average molecular weight is 417 g/mol. The van der Waals surface area contributed by atoms with Crippen molar-refractivity contribution in [3.63, 3.8) is 0 Å². The molecular formula is C22H15N3O6. The van der Waals surface area contributed by atoms with Gasteiger partial charge in [-0.15, -0.1) is 0 Å². The van der Waals surface area contributed by atoms with Crippen LogP contribution in [0.4, 0.5) is 0 Å². The van der Waals surface area contributed by atoms with Crippen molar-refractivity contribution in [3.8, 4) is 34.7 Å². The van der Waals surface area contributed by atoms with E-state index in [0.29, 0.717) is 34.0 Å². The summed E-state index contributed by atoms with van der Waals surface area (Å²) in [6, 6.07) is 5.25.